The van der Waals surface area contributed by atoms with Gasteiger partial charge in [0.1, 0.15) is 0 Å². The van der Waals surface area contributed by atoms with Crippen molar-refractivity contribution in [2.75, 3.05) is 13.2 Å². The van der Waals surface area contributed by atoms with Crippen LogP contribution in [0.2, 0.25) is 0 Å². The Kier molecular flexibility index (Phi) is 5.83. The third-order valence-corrected chi connectivity index (χ3v) is 4.16. The van der Waals surface area contributed by atoms with Crippen molar-refractivity contribution in [2.24, 2.45) is 5.41 Å². The van der Waals surface area contributed by atoms with E-state index in [1.807, 2.05) is 0 Å². The molecule has 1 aromatic rings. The summed E-state index contributed by atoms with van der Waals surface area (Å²) in [5.41, 5.74) is 4.03. The van der Waals surface area contributed by atoms with E-state index in [1.54, 1.807) is 0 Å². The normalized spacial score (nSPS) is 11.8. The lowest BCUT2D eigenvalue weighted by Crippen LogP contribution is -2.36. The standard InChI is InChI=1S/C16H27NO/c1-5-16(6-2,12-18)11-17-10-15-9-13(3)7-8-14(15)4/h7-9,17-18H,5-6,10-12H2,1-4H3. The van der Waals surface area contributed by atoms with Crippen LogP contribution in [0.1, 0.15) is 43.4 Å². The average molecular weight is 249 g/mol. The number of rotatable bonds is 7. The highest BCUT2D eigenvalue weighted by Crippen LogP contribution is 2.24. The minimum absolute atomic E-state index is 0.0394. The molecular weight excluding hydrogens is 222 g/mol. The van der Waals surface area contributed by atoms with E-state index >= 15 is 0 Å². The van der Waals surface area contributed by atoms with Crippen molar-refractivity contribution >= 4 is 0 Å². The third kappa shape index (κ3) is 3.82. The molecule has 0 saturated carbocycles. The van der Waals surface area contributed by atoms with Gasteiger partial charge in [0.25, 0.3) is 0 Å². The Morgan fingerprint density at radius 2 is 1.83 bits per heavy atom. The van der Waals surface area contributed by atoms with Crippen molar-refractivity contribution < 1.29 is 5.11 Å². The zero-order chi connectivity index (χ0) is 13.6. The maximum absolute atomic E-state index is 9.53. The highest BCUT2D eigenvalue weighted by Gasteiger charge is 2.24. The molecule has 0 spiro atoms. The van der Waals surface area contributed by atoms with Gasteiger partial charge in [0, 0.05) is 25.1 Å². The molecule has 0 atom stereocenters. The van der Waals surface area contributed by atoms with Gasteiger partial charge in [-0.3, -0.25) is 0 Å². The number of benzene rings is 1. The lowest BCUT2D eigenvalue weighted by Gasteiger charge is -2.29. The van der Waals surface area contributed by atoms with Gasteiger partial charge in [-0.2, -0.15) is 0 Å². The Hall–Kier alpha value is -0.860. The lowest BCUT2D eigenvalue weighted by atomic mass is 9.83. The van der Waals surface area contributed by atoms with Crippen molar-refractivity contribution in [3.05, 3.63) is 34.9 Å². The highest BCUT2D eigenvalue weighted by molar-refractivity contribution is 5.30. The number of hydrogen-bond acceptors (Lipinski definition) is 2. The Bertz CT molecular complexity index is 361. The van der Waals surface area contributed by atoms with E-state index in [1.165, 1.54) is 16.7 Å². The van der Waals surface area contributed by atoms with Gasteiger partial charge in [0.15, 0.2) is 0 Å². The second-order valence-electron chi connectivity index (χ2n) is 5.40. The van der Waals surface area contributed by atoms with Crippen molar-refractivity contribution in [3.63, 3.8) is 0 Å². The van der Waals surface area contributed by atoms with Gasteiger partial charge in [0.05, 0.1) is 0 Å². The molecule has 2 nitrogen and oxygen atoms in total. The van der Waals surface area contributed by atoms with Crippen LogP contribution in [0.25, 0.3) is 0 Å². The van der Waals surface area contributed by atoms with Gasteiger partial charge in [-0.15, -0.1) is 0 Å². The second-order valence-corrected chi connectivity index (χ2v) is 5.40. The summed E-state index contributed by atoms with van der Waals surface area (Å²) in [5.74, 6) is 0. The molecule has 0 aliphatic carbocycles. The van der Waals surface area contributed by atoms with E-state index in [-0.39, 0.29) is 12.0 Å². The van der Waals surface area contributed by atoms with Gasteiger partial charge in [-0.1, -0.05) is 37.6 Å². The Morgan fingerprint density at radius 3 is 2.39 bits per heavy atom. The molecule has 18 heavy (non-hydrogen) atoms. The van der Waals surface area contributed by atoms with Crippen LogP contribution in [0.5, 0.6) is 0 Å². The highest BCUT2D eigenvalue weighted by atomic mass is 16.3. The third-order valence-electron chi connectivity index (χ3n) is 4.16. The predicted octanol–water partition coefficient (Wildman–Crippen LogP) is 3.19. The number of aliphatic hydroxyl groups is 1. The summed E-state index contributed by atoms with van der Waals surface area (Å²) in [7, 11) is 0. The van der Waals surface area contributed by atoms with E-state index in [4.69, 9.17) is 0 Å². The number of aryl methyl sites for hydroxylation is 2. The summed E-state index contributed by atoms with van der Waals surface area (Å²) < 4.78 is 0. The summed E-state index contributed by atoms with van der Waals surface area (Å²) in [5, 5.41) is 13.0. The topological polar surface area (TPSA) is 32.3 Å². The summed E-state index contributed by atoms with van der Waals surface area (Å²) in [6.07, 6.45) is 2.03. The van der Waals surface area contributed by atoms with Crippen molar-refractivity contribution in [1.29, 1.82) is 0 Å². The number of aliphatic hydroxyl groups excluding tert-OH is 1. The van der Waals surface area contributed by atoms with Crippen LogP contribution in [-0.2, 0) is 6.54 Å². The maximum atomic E-state index is 9.53. The molecule has 0 aliphatic rings. The SMILES string of the molecule is CCC(CC)(CO)CNCc1cc(C)ccc1C. The van der Waals surface area contributed by atoms with Gasteiger partial charge in [-0.05, 0) is 37.8 Å². The molecule has 0 fully saturated rings. The van der Waals surface area contributed by atoms with Crippen molar-refractivity contribution in [1.82, 2.24) is 5.32 Å². The molecule has 0 bridgehead atoms. The monoisotopic (exact) mass is 249 g/mol. The Morgan fingerprint density at radius 1 is 1.17 bits per heavy atom. The van der Waals surface area contributed by atoms with Gasteiger partial charge in [0.2, 0.25) is 0 Å². The summed E-state index contributed by atoms with van der Waals surface area (Å²) in [6, 6.07) is 6.56. The van der Waals surface area contributed by atoms with Gasteiger partial charge < -0.3 is 10.4 Å². The maximum Gasteiger partial charge on any atom is 0.0499 e. The fourth-order valence-electron chi connectivity index (χ4n) is 2.23. The van der Waals surface area contributed by atoms with Crippen molar-refractivity contribution in [3.8, 4) is 0 Å². The molecule has 102 valence electrons. The molecule has 0 amide bonds. The molecule has 0 radical (unpaired) electrons. The first-order valence-electron chi connectivity index (χ1n) is 6.94. The molecule has 0 aliphatic heterocycles. The van der Waals surface area contributed by atoms with Crippen LogP contribution in [-0.4, -0.2) is 18.3 Å². The Balaban J connectivity index is 2.57. The van der Waals surface area contributed by atoms with Gasteiger partial charge >= 0.3 is 0 Å². The molecule has 2 N–H and O–H groups in total. The van der Waals surface area contributed by atoms with Crippen LogP contribution in [0.3, 0.4) is 0 Å². The van der Waals surface area contributed by atoms with Gasteiger partial charge in [-0.25, -0.2) is 0 Å². The van der Waals surface area contributed by atoms with Crippen LogP contribution >= 0.6 is 0 Å². The molecular formula is C16H27NO. The van der Waals surface area contributed by atoms with Crippen LogP contribution in [0.4, 0.5) is 0 Å². The zero-order valence-corrected chi connectivity index (χ0v) is 12.2. The smallest absolute Gasteiger partial charge is 0.0499 e. The quantitative estimate of drug-likeness (QED) is 0.778. The summed E-state index contributed by atoms with van der Waals surface area (Å²) in [4.78, 5) is 0. The fraction of sp³-hybridized carbons (Fsp3) is 0.625. The largest absolute Gasteiger partial charge is 0.396 e. The molecule has 1 aromatic carbocycles. The second kappa shape index (κ2) is 6.91. The first-order valence-corrected chi connectivity index (χ1v) is 6.94. The molecule has 0 saturated heterocycles. The fourth-order valence-corrected chi connectivity index (χ4v) is 2.23. The average Bonchev–Trinajstić information content (AvgIpc) is 2.39. The van der Waals surface area contributed by atoms with Crippen LogP contribution < -0.4 is 5.32 Å². The van der Waals surface area contributed by atoms with E-state index in [2.05, 4.69) is 51.2 Å². The van der Waals surface area contributed by atoms with Crippen LogP contribution in [0.15, 0.2) is 18.2 Å². The zero-order valence-electron chi connectivity index (χ0n) is 12.2. The first kappa shape index (κ1) is 15.2. The van der Waals surface area contributed by atoms with E-state index in [0.717, 1.165) is 25.9 Å². The molecule has 1 rings (SSSR count). The minimum Gasteiger partial charge on any atom is -0.396 e. The number of hydrogen-bond donors (Lipinski definition) is 2. The lowest BCUT2D eigenvalue weighted by molar-refractivity contribution is 0.113. The minimum atomic E-state index is 0.0394. The molecule has 2 heteroatoms. The molecule has 0 aromatic heterocycles. The summed E-state index contributed by atoms with van der Waals surface area (Å²) >= 11 is 0. The van der Waals surface area contributed by atoms with E-state index in [9.17, 15) is 5.11 Å². The Labute approximate surface area is 111 Å². The predicted molar refractivity (Wildman–Crippen MR) is 77.7 cm³/mol. The molecule has 0 heterocycles. The van der Waals surface area contributed by atoms with Crippen LogP contribution in [0, 0.1) is 19.3 Å². The molecule has 0 unspecified atom stereocenters. The number of nitrogens with one attached hydrogen (secondary N) is 1. The first-order chi connectivity index (χ1) is 8.56. The van der Waals surface area contributed by atoms with E-state index in [0.29, 0.717) is 0 Å². The summed E-state index contributed by atoms with van der Waals surface area (Å²) in [6.45, 7) is 10.6. The van der Waals surface area contributed by atoms with Crippen molar-refractivity contribution in [2.45, 2.75) is 47.1 Å². The van der Waals surface area contributed by atoms with E-state index < -0.39 is 0 Å².